The maximum Gasteiger partial charge on any atom is 0.323 e. The highest BCUT2D eigenvalue weighted by Crippen LogP contribution is 2.42. The van der Waals surface area contributed by atoms with Crippen LogP contribution in [-0.4, -0.2) is 47.1 Å². The molecule has 4 aromatic carbocycles. The van der Waals surface area contributed by atoms with Crippen molar-refractivity contribution in [3.63, 3.8) is 0 Å². The van der Waals surface area contributed by atoms with E-state index < -0.39 is 0 Å². The Labute approximate surface area is 281 Å². The SMILES string of the molecule is O=C(Nc1ccc(CCNc2ncnc3oc(-c4ccccc4)c(-c4ccccc4)c23)cc1)Nc1ccc(CCN2CCCCC2)cc1. The van der Waals surface area contributed by atoms with Crippen molar-refractivity contribution >= 4 is 34.3 Å². The van der Waals surface area contributed by atoms with Crippen molar-refractivity contribution in [2.45, 2.75) is 32.1 Å². The molecule has 3 N–H and O–H groups in total. The van der Waals surface area contributed by atoms with Crippen molar-refractivity contribution in [2.75, 3.05) is 42.1 Å². The van der Waals surface area contributed by atoms with Crippen LogP contribution in [0.1, 0.15) is 30.4 Å². The molecule has 0 radical (unpaired) electrons. The van der Waals surface area contributed by atoms with Gasteiger partial charge in [-0.1, -0.05) is 91.3 Å². The summed E-state index contributed by atoms with van der Waals surface area (Å²) in [4.78, 5) is 24.3. The van der Waals surface area contributed by atoms with Gasteiger partial charge in [-0.05, 0) is 79.7 Å². The van der Waals surface area contributed by atoms with Crippen molar-refractivity contribution < 1.29 is 9.21 Å². The smallest absolute Gasteiger partial charge is 0.323 e. The van der Waals surface area contributed by atoms with Crippen molar-refractivity contribution in [3.8, 4) is 22.5 Å². The third-order valence-electron chi connectivity index (χ3n) is 8.88. The summed E-state index contributed by atoms with van der Waals surface area (Å²) in [7, 11) is 0. The fraction of sp³-hybridized carbons (Fsp3) is 0.225. The van der Waals surface area contributed by atoms with Crippen molar-refractivity contribution in [1.29, 1.82) is 0 Å². The second kappa shape index (κ2) is 15.0. The normalized spacial score (nSPS) is 13.3. The molecule has 1 aliphatic heterocycles. The van der Waals surface area contributed by atoms with Crippen LogP contribution >= 0.6 is 0 Å². The number of nitrogens with one attached hydrogen (secondary N) is 3. The molecule has 2 aromatic heterocycles. The minimum absolute atomic E-state index is 0.262. The first-order valence-electron chi connectivity index (χ1n) is 16.8. The van der Waals surface area contributed by atoms with Gasteiger partial charge in [-0.25, -0.2) is 14.8 Å². The molecule has 1 fully saturated rings. The summed E-state index contributed by atoms with van der Waals surface area (Å²) in [5.74, 6) is 1.50. The number of nitrogens with zero attached hydrogens (tertiary/aromatic N) is 3. The molecule has 3 heterocycles. The van der Waals surface area contributed by atoms with E-state index in [1.807, 2.05) is 84.9 Å². The van der Waals surface area contributed by atoms with Crippen LogP contribution in [0.4, 0.5) is 22.0 Å². The molecule has 0 bridgehead atoms. The molecule has 1 saturated heterocycles. The zero-order valence-electron chi connectivity index (χ0n) is 27.0. The number of hydrogen-bond donors (Lipinski definition) is 3. The van der Waals surface area contributed by atoms with Gasteiger partial charge in [0.05, 0.1) is 5.39 Å². The second-order valence-electron chi connectivity index (χ2n) is 12.2. The van der Waals surface area contributed by atoms with Gasteiger partial charge in [0, 0.05) is 35.6 Å². The fourth-order valence-electron chi connectivity index (χ4n) is 6.34. The standard InChI is InChI=1S/C40H40N6O2/c47-40(45-34-20-16-30(17-21-34)23-27-46-25-8-3-9-26-46)44-33-18-14-29(15-19-33)22-24-41-38-36-35(31-10-4-1-5-11-31)37(32-12-6-2-7-13-32)48-39(36)43-28-42-38/h1-2,4-7,10-21,28H,3,8-9,22-27H2,(H,41,42,43)(H2,44,45,47). The Morgan fingerprint density at radius 1 is 0.688 bits per heavy atom. The molecule has 0 unspecified atom stereocenters. The van der Waals surface area contributed by atoms with Crippen LogP contribution in [0.25, 0.3) is 33.6 Å². The molecule has 0 saturated carbocycles. The molecular formula is C40H40N6O2. The molecule has 1 aliphatic rings. The number of benzene rings is 4. The lowest BCUT2D eigenvalue weighted by Gasteiger charge is -2.26. The molecule has 6 aromatic rings. The largest absolute Gasteiger partial charge is 0.437 e. The van der Waals surface area contributed by atoms with E-state index in [1.165, 1.54) is 44.2 Å². The maximum atomic E-state index is 12.7. The van der Waals surface area contributed by atoms with E-state index in [4.69, 9.17) is 4.42 Å². The number of furan rings is 1. The Balaban J connectivity index is 0.951. The summed E-state index contributed by atoms with van der Waals surface area (Å²) in [6, 6.07) is 36.1. The fourth-order valence-corrected chi connectivity index (χ4v) is 6.34. The van der Waals surface area contributed by atoms with Crippen LogP contribution in [0, 0.1) is 0 Å². The number of piperidine rings is 1. The number of anilines is 3. The summed E-state index contributed by atoms with van der Waals surface area (Å²) in [5.41, 5.74) is 7.48. The number of rotatable bonds is 11. The lowest BCUT2D eigenvalue weighted by molar-refractivity contribution is 0.231. The Morgan fingerprint density at radius 2 is 1.29 bits per heavy atom. The molecule has 0 spiro atoms. The Morgan fingerprint density at radius 3 is 1.94 bits per heavy atom. The van der Waals surface area contributed by atoms with E-state index in [0.29, 0.717) is 12.3 Å². The summed E-state index contributed by atoms with van der Waals surface area (Å²) in [5, 5.41) is 10.3. The summed E-state index contributed by atoms with van der Waals surface area (Å²) >= 11 is 0. The Bertz CT molecular complexity index is 1930. The van der Waals surface area contributed by atoms with Gasteiger partial charge in [0.1, 0.15) is 17.9 Å². The zero-order valence-corrected chi connectivity index (χ0v) is 27.0. The van der Waals surface area contributed by atoms with Gasteiger partial charge in [0.15, 0.2) is 0 Å². The lowest BCUT2D eigenvalue weighted by atomic mass is 9.99. The van der Waals surface area contributed by atoms with Crippen LogP contribution < -0.4 is 16.0 Å². The molecular weight excluding hydrogens is 596 g/mol. The molecule has 8 nitrogen and oxygen atoms in total. The van der Waals surface area contributed by atoms with E-state index in [2.05, 4.69) is 55.1 Å². The predicted octanol–water partition coefficient (Wildman–Crippen LogP) is 8.88. The van der Waals surface area contributed by atoms with Crippen molar-refractivity contribution in [1.82, 2.24) is 14.9 Å². The molecule has 242 valence electrons. The molecule has 48 heavy (non-hydrogen) atoms. The number of urea groups is 1. The maximum absolute atomic E-state index is 12.7. The van der Waals surface area contributed by atoms with Gasteiger partial charge in [0.25, 0.3) is 0 Å². The van der Waals surface area contributed by atoms with E-state index in [-0.39, 0.29) is 6.03 Å². The highest BCUT2D eigenvalue weighted by molar-refractivity contribution is 6.05. The Hall–Kier alpha value is -5.47. The number of carbonyl (C=O) groups excluding carboxylic acids is 1. The number of amides is 2. The van der Waals surface area contributed by atoms with Crippen molar-refractivity contribution in [3.05, 3.63) is 127 Å². The van der Waals surface area contributed by atoms with Gasteiger partial charge in [0.2, 0.25) is 5.71 Å². The van der Waals surface area contributed by atoms with E-state index in [0.717, 1.165) is 70.0 Å². The minimum atomic E-state index is -0.262. The summed E-state index contributed by atoms with van der Waals surface area (Å²) < 4.78 is 6.33. The number of carbonyl (C=O) groups is 1. The topological polar surface area (TPSA) is 95.3 Å². The average molecular weight is 637 g/mol. The van der Waals surface area contributed by atoms with Crippen LogP contribution in [0.3, 0.4) is 0 Å². The first-order chi connectivity index (χ1) is 23.7. The third kappa shape index (κ3) is 7.56. The van der Waals surface area contributed by atoms with Gasteiger partial charge in [-0.15, -0.1) is 0 Å². The van der Waals surface area contributed by atoms with Crippen LogP contribution in [0.2, 0.25) is 0 Å². The first kappa shape index (κ1) is 31.1. The second-order valence-corrected chi connectivity index (χ2v) is 12.2. The predicted molar refractivity (Wildman–Crippen MR) is 194 cm³/mol. The third-order valence-corrected chi connectivity index (χ3v) is 8.88. The molecule has 7 rings (SSSR count). The van der Waals surface area contributed by atoms with Crippen LogP contribution in [0.5, 0.6) is 0 Å². The quantitative estimate of drug-likeness (QED) is 0.132. The van der Waals surface area contributed by atoms with Gasteiger partial charge in [-0.2, -0.15) is 0 Å². The Kier molecular flexibility index (Phi) is 9.71. The number of fused-ring (bicyclic) bond motifs is 1. The number of aromatic nitrogens is 2. The van der Waals surface area contributed by atoms with E-state index >= 15 is 0 Å². The van der Waals surface area contributed by atoms with Gasteiger partial charge >= 0.3 is 6.03 Å². The highest BCUT2D eigenvalue weighted by Gasteiger charge is 2.22. The monoisotopic (exact) mass is 636 g/mol. The van der Waals surface area contributed by atoms with Gasteiger partial charge < -0.3 is 25.3 Å². The van der Waals surface area contributed by atoms with E-state index in [9.17, 15) is 4.79 Å². The minimum Gasteiger partial charge on any atom is -0.437 e. The van der Waals surface area contributed by atoms with E-state index in [1.54, 1.807) is 0 Å². The molecule has 0 aliphatic carbocycles. The molecule has 0 atom stereocenters. The number of hydrogen-bond acceptors (Lipinski definition) is 6. The first-order valence-corrected chi connectivity index (χ1v) is 16.8. The zero-order chi connectivity index (χ0) is 32.5. The molecule has 8 heteroatoms. The summed E-state index contributed by atoms with van der Waals surface area (Å²) in [6.45, 7) is 4.18. The molecule has 2 amide bonds. The number of likely N-dealkylation sites (tertiary alicyclic amines) is 1. The van der Waals surface area contributed by atoms with Crippen LogP contribution in [0.15, 0.2) is 120 Å². The lowest BCUT2D eigenvalue weighted by Crippen LogP contribution is -2.31. The summed E-state index contributed by atoms with van der Waals surface area (Å²) in [6.07, 6.45) is 7.31. The van der Waals surface area contributed by atoms with Crippen LogP contribution in [-0.2, 0) is 12.8 Å². The van der Waals surface area contributed by atoms with Crippen molar-refractivity contribution in [2.24, 2.45) is 0 Å². The highest BCUT2D eigenvalue weighted by atomic mass is 16.3. The average Bonchev–Trinajstić information content (AvgIpc) is 3.54. The van der Waals surface area contributed by atoms with Gasteiger partial charge in [-0.3, -0.25) is 0 Å².